The van der Waals surface area contributed by atoms with Crippen molar-refractivity contribution in [1.82, 2.24) is 10.2 Å². The summed E-state index contributed by atoms with van der Waals surface area (Å²) in [5.74, 6) is 0.511. The minimum Gasteiger partial charge on any atom is -0.342 e. The van der Waals surface area contributed by atoms with Gasteiger partial charge in [0.05, 0.1) is 0 Å². The molecular weight excluding hydrogens is 236 g/mol. The molecule has 0 spiro atoms. The van der Waals surface area contributed by atoms with Crippen molar-refractivity contribution in [2.75, 3.05) is 19.6 Å². The predicted molar refractivity (Wildman–Crippen MR) is 83.3 cm³/mol. The molecule has 0 fully saturated rings. The van der Waals surface area contributed by atoms with Crippen LogP contribution >= 0.6 is 0 Å². The molecule has 0 aliphatic heterocycles. The zero-order chi connectivity index (χ0) is 14.7. The summed E-state index contributed by atoms with van der Waals surface area (Å²) in [5, 5.41) is 3.40. The van der Waals surface area contributed by atoms with Gasteiger partial charge in [-0.3, -0.25) is 4.79 Å². The van der Waals surface area contributed by atoms with Gasteiger partial charge in [-0.1, -0.05) is 41.0 Å². The normalized spacial score (nSPS) is 12.7. The summed E-state index contributed by atoms with van der Waals surface area (Å²) in [6, 6.07) is 0.534. The van der Waals surface area contributed by atoms with Gasteiger partial charge < -0.3 is 10.2 Å². The van der Waals surface area contributed by atoms with Crippen LogP contribution in [0.3, 0.4) is 0 Å². The number of hydrogen-bond acceptors (Lipinski definition) is 2. The average Bonchev–Trinajstić information content (AvgIpc) is 2.38. The van der Waals surface area contributed by atoms with E-state index in [9.17, 15) is 4.79 Å². The summed E-state index contributed by atoms with van der Waals surface area (Å²) in [5.41, 5.74) is 0. The van der Waals surface area contributed by atoms with E-state index in [1.807, 2.05) is 0 Å². The third kappa shape index (κ3) is 9.04. The molecule has 0 aliphatic rings. The quantitative estimate of drug-likeness (QED) is 0.583. The van der Waals surface area contributed by atoms with Gasteiger partial charge in [0.15, 0.2) is 0 Å². The van der Waals surface area contributed by atoms with Gasteiger partial charge in [0.25, 0.3) is 0 Å². The predicted octanol–water partition coefficient (Wildman–Crippen LogP) is 3.44. The monoisotopic (exact) mass is 270 g/mol. The third-order valence-corrected chi connectivity index (χ3v) is 3.37. The molecule has 3 nitrogen and oxygen atoms in total. The van der Waals surface area contributed by atoms with E-state index >= 15 is 0 Å². The summed E-state index contributed by atoms with van der Waals surface area (Å²) in [6.07, 6.45) is 5.40. The number of nitrogens with zero attached hydrogens (tertiary/aromatic N) is 1. The lowest BCUT2D eigenvalue weighted by Gasteiger charge is -2.25. The van der Waals surface area contributed by atoms with Crippen LogP contribution in [0.4, 0.5) is 0 Å². The number of hydrogen-bond donors (Lipinski definition) is 1. The molecule has 0 aromatic heterocycles. The number of amides is 1. The van der Waals surface area contributed by atoms with Crippen molar-refractivity contribution in [3.8, 4) is 0 Å². The van der Waals surface area contributed by atoms with Crippen LogP contribution in [0.5, 0.6) is 0 Å². The van der Waals surface area contributed by atoms with Crippen molar-refractivity contribution >= 4 is 5.91 Å². The Morgan fingerprint density at radius 3 is 2.26 bits per heavy atom. The Balaban J connectivity index is 4.03. The molecule has 0 aliphatic carbocycles. The van der Waals surface area contributed by atoms with Gasteiger partial charge in [-0.15, -0.1) is 0 Å². The van der Waals surface area contributed by atoms with E-state index in [0.29, 0.717) is 11.9 Å². The van der Waals surface area contributed by atoms with Crippen molar-refractivity contribution < 1.29 is 4.79 Å². The zero-order valence-corrected chi connectivity index (χ0v) is 13.7. The molecule has 19 heavy (non-hydrogen) atoms. The molecule has 1 atom stereocenters. The molecule has 0 radical (unpaired) electrons. The minimum atomic E-state index is 0.164. The Morgan fingerprint density at radius 1 is 1.05 bits per heavy atom. The molecule has 0 aromatic carbocycles. The van der Waals surface area contributed by atoms with Crippen molar-refractivity contribution in [1.29, 1.82) is 0 Å². The summed E-state index contributed by atoms with van der Waals surface area (Å²) in [4.78, 5) is 14.4. The lowest BCUT2D eigenvalue weighted by Crippen LogP contribution is -2.37. The van der Waals surface area contributed by atoms with E-state index in [1.54, 1.807) is 0 Å². The SMILES string of the molecule is CCCCN(CCC)C(=O)C(C)CCCNC(C)C. The number of rotatable bonds is 11. The first-order chi connectivity index (χ1) is 9.02. The zero-order valence-electron chi connectivity index (χ0n) is 13.7. The Kier molecular flexibility index (Phi) is 10.9. The molecule has 1 unspecified atom stereocenters. The smallest absolute Gasteiger partial charge is 0.225 e. The van der Waals surface area contributed by atoms with Crippen LogP contribution in [-0.2, 0) is 4.79 Å². The highest BCUT2D eigenvalue weighted by atomic mass is 16.2. The Bertz CT molecular complexity index is 229. The van der Waals surface area contributed by atoms with Gasteiger partial charge in [-0.25, -0.2) is 0 Å². The largest absolute Gasteiger partial charge is 0.342 e. The highest BCUT2D eigenvalue weighted by Gasteiger charge is 2.18. The second-order valence-corrected chi connectivity index (χ2v) is 5.83. The van der Waals surface area contributed by atoms with Crippen LogP contribution in [0.2, 0.25) is 0 Å². The maximum Gasteiger partial charge on any atom is 0.225 e. The number of carbonyl (C=O) groups excluding carboxylic acids is 1. The van der Waals surface area contributed by atoms with Crippen LogP contribution < -0.4 is 5.32 Å². The van der Waals surface area contributed by atoms with Crippen molar-refractivity contribution in [3.05, 3.63) is 0 Å². The number of nitrogens with one attached hydrogen (secondary N) is 1. The number of unbranched alkanes of at least 4 members (excludes halogenated alkanes) is 1. The van der Waals surface area contributed by atoms with Gasteiger partial charge in [0.2, 0.25) is 5.91 Å². The van der Waals surface area contributed by atoms with E-state index in [4.69, 9.17) is 0 Å². The van der Waals surface area contributed by atoms with Gasteiger partial charge in [-0.05, 0) is 32.2 Å². The molecule has 0 saturated heterocycles. The molecule has 0 heterocycles. The third-order valence-electron chi connectivity index (χ3n) is 3.37. The van der Waals surface area contributed by atoms with Crippen molar-refractivity contribution in [3.63, 3.8) is 0 Å². The van der Waals surface area contributed by atoms with Gasteiger partial charge in [0, 0.05) is 25.0 Å². The molecule has 0 saturated carbocycles. The Hall–Kier alpha value is -0.570. The standard InChI is InChI=1S/C16H34N2O/c1-6-8-13-18(12-7-2)16(19)15(5)10-9-11-17-14(3)4/h14-15,17H,6-13H2,1-5H3. The second kappa shape index (κ2) is 11.3. The molecule has 3 heteroatoms. The highest BCUT2D eigenvalue weighted by molar-refractivity contribution is 5.78. The van der Waals surface area contributed by atoms with Crippen LogP contribution in [0.15, 0.2) is 0 Å². The molecule has 114 valence electrons. The van der Waals surface area contributed by atoms with Gasteiger partial charge in [0.1, 0.15) is 0 Å². The van der Waals surface area contributed by atoms with E-state index < -0.39 is 0 Å². The van der Waals surface area contributed by atoms with Crippen LogP contribution in [0.1, 0.15) is 66.7 Å². The maximum absolute atomic E-state index is 12.4. The first-order valence-electron chi connectivity index (χ1n) is 8.05. The summed E-state index contributed by atoms with van der Waals surface area (Å²) in [7, 11) is 0. The fourth-order valence-electron chi connectivity index (χ4n) is 2.19. The van der Waals surface area contributed by atoms with E-state index in [2.05, 4.69) is 44.8 Å². The first kappa shape index (κ1) is 18.4. The Labute approximate surface area is 120 Å². The fraction of sp³-hybridized carbons (Fsp3) is 0.938. The summed E-state index contributed by atoms with van der Waals surface area (Å²) < 4.78 is 0. The fourth-order valence-corrected chi connectivity index (χ4v) is 2.19. The van der Waals surface area contributed by atoms with Crippen molar-refractivity contribution in [2.45, 2.75) is 72.8 Å². The molecular formula is C16H34N2O. The van der Waals surface area contributed by atoms with Crippen molar-refractivity contribution in [2.24, 2.45) is 5.92 Å². The number of carbonyl (C=O) groups is 1. The Morgan fingerprint density at radius 2 is 1.74 bits per heavy atom. The lowest BCUT2D eigenvalue weighted by atomic mass is 10.0. The second-order valence-electron chi connectivity index (χ2n) is 5.83. The van der Waals surface area contributed by atoms with Crippen LogP contribution in [0, 0.1) is 5.92 Å². The highest BCUT2D eigenvalue weighted by Crippen LogP contribution is 2.11. The minimum absolute atomic E-state index is 0.164. The molecule has 0 bridgehead atoms. The topological polar surface area (TPSA) is 32.3 Å². The molecule has 0 rings (SSSR count). The molecule has 0 aromatic rings. The van der Waals surface area contributed by atoms with Gasteiger partial charge in [-0.2, -0.15) is 0 Å². The summed E-state index contributed by atoms with van der Waals surface area (Å²) in [6.45, 7) is 13.6. The van der Waals surface area contributed by atoms with Crippen LogP contribution in [0.25, 0.3) is 0 Å². The lowest BCUT2D eigenvalue weighted by molar-refractivity contribution is -0.135. The molecule has 1 N–H and O–H groups in total. The molecule has 1 amide bonds. The van der Waals surface area contributed by atoms with Gasteiger partial charge >= 0.3 is 0 Å². The maximum atomic E-state index is 12.4. The van der Waals surface area contributed by atoms with Crippen LogP contribution in [-0.4, -0.2) is 36.5 Å². The average molecular weight is 270 g/mol. The first-order valence-corrected chi connectivity index (χ1v) is 8.05. The van der Waals surface area contributed by atoms with E-state index in [1.165, 1.54) is 0 Å². The summed E-state index contributed by atoms with van der Waals surface area (Å²) >= 11 is 0. The van der Waals surface area contributed by atoms with E-state index in [0.717, 1.165) is 51.7 Å². The van der Waals surface area contributed by atoms with E-state index in [-0.39, 0.29) is 5.92 Å².